The van der Waals surface area contributed by atoms with E-state index >= 15 is 0 Å². The molecule has 0 bridgehead atoms. The third-order valence-corrected chi connectivity index (χ3v) is 6.11. The van der Waals surface area contributed by atoms with Gasteiger partial charge in [-0.05, 0) is 36.3 Å². The number of amides is 1. The molecule has 1 fully saturated rings. The molecule has 0 N–H and O–H groups in total. The number of nitrogens with zero attached hydrogens (tertiary/aromatic N) is 4. The summed E-state index contributed by atoms with van der Waals surface area (Å²) in [4.78, 5) is 26.4. The fraction of sp³-hybridized carbons (Fsp3) is 0.321. The van der Waals surface area contributed by atoms with Crippen LogP contribution in [0.3, 0.4) is 0 Å². The van der Waals surface area contributed by atoms with E-state index in [2.05, 4.69) is 22.0 Å². The lowest BCUT2D eigenvalue weighted by Crippen LogP contribution is -2.49. The molecule has 0 aliphatic carbocycles. The van der Waals surface area contributed by atoms with Crippen LogP contribution in [0.2, 0.25) is 0 Å². The molecule has 1 saturated heterocycles. The minimum atomic E-state index is 0.0332. The molecule has 1 amide bonds. The number of anilines is 1. The van der Waals surface area contributed by atoms with E-state index < -0.39 is 0 Å². The van der Waals surface area contributed by atoms with Crippen molar-refractivity contribution in [2.24, 2.45) is 0 Å². The highest BCUT2D eigenvalue weighted by Gasteiger charge is 2.24. The third-order valence-electron chi connectivity index (χ3n) is 6.11. The van der Waals surface area contributed by atoms with Crippen LogP contribution in [0.1, 0.15) is 28.2 Å². The number of carbonyl (C=O) groups is 1. The van der Waals surface area contributed by atoms with Crippen molar-refractivity contribution >= 4 is 17.8 Å². The summed E-state index contributed by atoms with van der Waals surface area (Å²) >= 11 is 0. The summed E-state index contributed by atoms with van der Waals surface area (Å²) in [7, 11) is 3.35. The van der Waals surface area contributed by atoms with Crippen LogP contribution in [0, 0.1) is 6.92 Å². The lowest BCUT2D eigenvalue weighted by molar-refractivity contribution is -0.126. The Balaban J connectivity index is 1.51. The summed E-state index contributed by atoms with van der Waals surface area (Å²) < 4.78 is 10.8. The Morgan fingerprint density at radius 3 is 2.34 bits per heavy atom. The predicted molar refractivity (Wildman–Crippen MR) is 138 cm³/mol. The molecule has 0 spiro atoms. The van der Waals surface area contributed by atoms with Gasteiger partial charge in [0.15, 0.2) is 0 Å². The second-order valence-corrected chi connectivity index (χ2v) is 8.53. The Morgan fingerprint density at radius 2 is 1.69 bits per heavy atom. The average molecular weight is 473 g/mol. The Morgan fingerprint density at radius 1 is 0.971 bits per heavy atom. The number of rotatable bonds is 8. The molecule has 2 heterocycles. The fourth-order valence-electron chi connectivity index (χ4n) is 4.26. The molecule has 35 heavy (non-hydrogen) atoms. The van der Waals surface area contributed by atoms with Crippen molar-refractivity contribution in [2.45, 2.75) is 20.0 Å². The topological polar surface area (TPSA) is 67.8 Å². The second kappa shape index (κ2) is 11.6. The molecule has 7 nitrogen and oxygen atoms in total. The van der Waals surface area contributed by atoms with Gasteiger partial charge in [0, 0.05) is 51.3 Å². The Hall–Kier alpha value is -3.71. The number of hydrogen-bond donors (Lipinski definition) is 0. The van der Waals surface area contributed by atoms with Crippen molar-refractivity contribution in [3.8, 4) is 5.75 Å². The van der Waals surface area contributed by atoms with Gasteiger partial charge < -0.3 is 19.3 Å². The molecule has 7 heteroatoms. The third kappa shape index (κ3) is 6.25. The largest absolute Gasteiger partial charge is 0.497 e. The lowest BCUT2D eigenvalue weighted by atomic mass is 10.0. The first kappa shape index (κ1) is 24.4. The van der Waals surface area contributed by atoms with Gasteiger partial charge in [-0.3, -0.25) is 4.79 Å². The summed E-state index contributed by atoms with van der Waals surface area (Å²) in [6.45, 7) is 5.04. The first-order valence-corrected chi connectivity index (χ1v) is 11.8. The van der Waals surface area contributed by atoms with Gasteiger partial charge in [0.05, 0.1) is 19.4 Å². The average Bonchev–Trinajstić information content (AvgIpc) is 2.90. The molecule has 1 aromatic heterocycles. The lowest BCUT2D eigenvalue weighted by Gasteiger charge is -2.36. The van der Waals surface area contributed by atoms with Crippen LogP contribution in [0.5, 0.6) is 5.75 Å². The molecule has 1 aliphatic heterocycles. The number of methoxy groups -OCH3 is 2. The summed E-state index contributed by atoms with van der Waals surface area (Å²) in [5.74, 6) is 2.50. The molecule has 3 aromatic rings. The Labute approximate surface area is 207 Å². The van der Waals surface area contributed by atoms with E-state index in [0.717, 1.165) is 39.8 Å². The molecule has 182 valence electrons. The van der Waals surface area contributed by atoms with Crippen molar-refractivity contribution in [2.75, 3.05) is 45.3 Å². The molecule has 0 radical (unpaired) electrons. The summed E-state index contributed by atoms with van der Waals surface area (Å²) in [5, 5.41) is 0. The number of aryl methyl sites for hydroxylation is 1. The van der Waals surface area contributed by atoms with Gasteiger partial charge in [0.1, 0.15) is 17.4 Å². The number of aromatic nitrogens is 2. The maximum absolute atomic E-state index is 12.7. The van der Waals surface area contributed by atoms with Crippen LogP contribution in [-0.4, -0.2) is 61.2 Å². The van der Waals surface area contributed by atoms with Crippen molar-refractivity contribution in [1.82, 2.24) is 14.9 Å². The number of benzene rings is 2. The van der Waals surface area contributed by atoms with Gasteiger partial charge in [-0.15, -0.1) is 0 Å². The maximum Gasteiger partial charge on any atom is 0.246 e. The van der Waals surface area contributed by atoms with Crippen molar-refractivity contribution in [3.05, 3.63) is 88.9 Å². The number of ether oxygens (including phenoxy) is 2. The number of hydrogen-bond acceptors (Lipinski definition) is 6. The molecule has 4 rings (SSSR count). The first-order chi connectivity index (χ1) is 17.1. The molecule has 2 aromatic carbocycles. The molecule has 1 aliphatic rings. The Bertz CT molecular complexity index is 1150. The van der Waals surface area contributed by atoms with Crippen molar-refractivity contribution < 1.29 is 14.3 Å². The quantitative estimate of drug-likeness (QED) is 0.464. The van der Waals surface area contributed by atoms with E-state index in [9.17, 15) is 4.79 Å². The van der Waals surface area contributed by atoms with E-state index in [-0.39, 0.29) is 5.91 Å². The van der Waals surface area contributed by atoms with Crippen molar-refractivity contribution in [1.29, 1.82) is 0 Å². The summed E-state index contributed by atoms with van der Waals surface area (Å²) in [6.07, 6.45) is 4.22. The maximum atomic E-state index is 12.7. The van der Waals surface area contributed by atoms with E-state index in [1.54, 1.807) is 20.3 Å². The van der Waals surface area contributed by atoms with Gasteiger partial charge in [-0.2, -0.15) is 0 Å². The second-order valence-electron chi connectivity index (χ2n) is 8.53. The SMILES string of the molecule is COCc1nc(C)nc(N2CCN(C(=O)/C=C/c3ccccc3)CC2)c1Cc1ccc(OC)cc1. The number of carbonyl (C=O) groups excluding carboxylic acids is 1. The highest BCUT2D eigenvalue weighted by atomic mass is 16.5. The minimum Gasteiger partial charge on any atom is -0.497 e. The van der Waals surface area contributed by atoms with Crippen LogP contribution in [0.15, 0.2) is 60.7 Å². The highest BCUT2D eigenvalue weighted by Crippen LogP contribution is 2.27. The van der Waals surface area contributed by atoms with Crippen LogP contribution >= 0.6 is 0 Å². The summed E-state index contributed by atoms with van der Waals surface area (Å²) in [6, 6.07) is 17.9. The van der Waals surface area contributed by atoms with E-state index in [0.29, 0.717) is 39.2 Å². The smallest absolute Gasteiger partial charge is 0.246 e. The molecular weight excluding hydrogens is 440 g/mol. The van der Waals surface area contributed by atoms with Gasteiger partial charge in [-0.1, -0.05) is 42.5 Å². The monoisotopic (exact) mass is 472 g/mol. The van der Waals surface area contributed by atoms with Gasteiger partial charge in [0.2, 0.25) is 5.91 Å². The zero-order valence-electron chi connectivity index (χ0n) is 20.6. The fourth-order valence-corrected chi connectivity index (χ4v) is 4.26. The van der Waals surface area contributed by atoms with E-state index in [4.69, 9.17) is 14.5 Å². The number of piperazine rings is 1. The summed E-state index contributed by atoms with van der Waals surface area (Å²) in [5.41, 5.74) is 4.13. The normalized spacial score (nSPS) is 13.9. The van der Waals surface area contributed by atoms with Crippen molar-refractivity contribution in [3.63, 3.8) is 0 Å². The van der Waals surface area contributed by atoms with Gasteiger partial charge in [-0.25, -0.2) is 9.97 Å². The first-order valence-electron chi connectivity index (χ1n) is 11.8. The molecule has 0 atom stereocenters. The van der Waals surface area contributed by atoms with Crippen LogP contribution < -0.4 is 9.64 Å². The standard InChI is InChI=1S/C28H32N4O3/c1-21-29-26(20-34-2)25(19-23-9-12-24(35-3)13-10-23)28(30-21)32-17-15-31(16-18-32)27(33)14-11-22-7-5-4-6-8-22/h4-14H,15-20H2,1-3H3/b14-11+. The van der Waals surface area contributed by atoms with Gasteiger partial charge in [0.25, 0.3) is 0 Å². The van der Waals surface area contributed by atoms with Crippen LogP contribution in [0.4, 0.5) is 5.82 Å². The van der Waals surface area contributed by atoms with Gasteiger partial charge >= 0.3 is 0 Å². The zero-order valence-corrected chi connectivity index (χ0v) is 20.6. The molecule has 0 saturated carbocycles. The molecular formula is C28H32N4O3. The predicted octanol–water partition coefficient (Wildman–Crippen LogP) is 3.89. The Kier molecular flexibility index (Phi) is 8.11. The zero-order chi connectivity index (χ0) is 24.6. The molecule has 0 unspecified atom stereocenters. The van der Waals surface area contributed by atoms with Crippen LogP contribution in [-0.2, 0) is 22.6 Å². The van der Waals surface area contributed by atoms with E-state index in [1.807, 2.05) is 60.4 Å². The minimum absolute atomic E-state index is 0.0332. The van der Waals surface area contributed by atoms with Crippen LogP contribution in [0.25, 0.3) is 6.08 Å². The van der Waals surface area contributed by atoms with E-state index in [1.165, 1.54) is 0 Å². The highest BCUT2D eigenvalue weighted by molar-refractivity contribution is 5.92.